The molecule has 2 heteroatoms. The van der Waals surface area contributed by atoms with Crippen molar-refractivity contribution in [1.82, 2.24) is 0 Å². The van der Waals surface area contributed by atoms with Gasteiger partial charge in [-0.3, -0.25) is 0 Å². The van der Waals surface area contributed by atoms with E-state index in [9.17, 15) is 0 Å². The molecule has 0 aliphatic heterocycles. The smallest absolute Gasteiger partial charge is 0.0384 e. The van der Waals surface area contributed by atoms with E-state index in [2.05, 4.69) is 22.9 Å². The second kappa shape index (κ2) is 5.06. The molecule has 0 atom stereocenters. The van der Waals surface area contributed by atoms with E-state index in [0.29, 0.717) is 0 Å². The predicted octanol–water partition coefficient (Wildman–Crippen LogP) is 1.52. The van der Waals surface area contributed by atoms with Gasteiger partial charge in [-0.15, -0.1) is 13.2 Å². The topological polar surface area (TPSA) is 0 Å². The summed E-state index contributed by atoms with van der Waals surface area (Å²) in [4.78, 5) is 0. The zero-order chi connectivity index (χ0) is 6.41. The van der Waals surface area contributed by atoms with E-state index >= 15 is 0 Å². The van der Waals surface area contributed by atoms with Crippen LogP contribution in [0.4, 0.5) is 0 Å². The minimum absolute atomic E-state index is 0.322. The first kappa shape index (κ1) is 7.91. The Morgan fingerprint density at radius 3 is 1.88 bits per heavy atom. The van der Waals surface area contributed by atoms with Crippen molar-refractivity contribution in [3.8, 4) is 0 Å². The molecule has 0 unspecified atom stereocenters. The van der Waals surface area contributed by atoms with E-state index in [4.69, 9.17) is 0 Å². The van der Waals surface area contributed by atoms with Gasteiger partial charge in [0.25, 0.3) is 0 Å². The molecule has 0 aromatic carbocycles. The van der Waals surface area contributed by atoms with Crippen LogP contribution in [0.25, 0.3) is 0 Å². The predicted molar refractivity (Wildman–Crippen MR) is 41.5 cm³/mol. The fraction of sp³-hybridized carbons (Fsp3) is 0.333. The quantitative estimate of drug-likeness (QED) is 0.408. The molecule has 0 N–H and O–H groups in total. The van der Waals surface area contributed by atoms with Crippen molar-refractivity contribution in [3.63, 3.8) is 0 Å². The highest BCUT2D eigenvalue weighted by atomic mass is 29.1. The van der Waals surface area contributed by atoms with Gasteiger partial charge < -0.3 is 0 Å². The van der Waals surface area contributed by atoms with E-state index in [1.54, 1.807) is 0 Å². The van der Waals surface area contributed by atoms with Gasteiger partial charge in [0, 0.05) is 18.1 Å². The average Bonchev–Trinajstić information content (AvgIpc) is 1.68. The lowest BCUT2D eigenvalue weighted by Gasteiger charge is -1.98. The molecule has 0 saturated carbocycles. The number of hydrogen-bond acceptors (Lipinski definition) is 0. The molecule has 0 rings (SSSR count). The highest BCUT2D eigenvalue weighted by Crippen LogP contribution is 1.94. The van der Waals surface area contributed by atoms with E-state index in [-0.39, 0.29) is 8.31 Å². The highest BCUT2D eigenvalue weighted by molar-refractivity contribution is 7.03. The number of rotatable bonds is 4. The zero-order valence-corrected chi connectivity index (χ0v) is 6.98. The lowest BCUT2D eigenvalue weighted by atomic mass is 10.7. The third kappa shape index (κ3) is 4.08. The van der Waals surface area contributed by atoms with Crippen LogP contribution in [0, 0.1) is 0 Å². The molecule has 0 bridgehead atoms. The molecule has 0 aliphatic carbocycles. The Balaban J connectivity index is 3.16. The Labute approximate surface area is 56.1 Å². The van der Waals surface area contributed by atoms with Gasteiger partial charge >= 0.3 is 0 Å². The largest absolute Gasteiger partial charge is 0.103 e. The Morgan fingerprint density at radius 1 is 1.25 bits per heavy atom. The summed E-state index contributed by atoms with van der Waals surface area (Å²) in [5, 5.41) is 0. The molecule has 0 aromatic rings. The lowest BCUT2D eigenvalue weighted by Crippen LogP contribution is -2.08. The fourth-order valence-electron chi connectivity index (χ4n) is 0.432. The third-order valence-corrected chi connectivity index (χ3v) is 3.57. The van der Waals surface area contributed by atoms with Crippen molar-refractivity contribution >= 4 is 18.1 Å². The van der Waals surface area contributed by atoms with E-state index in [0.717, 1.165) is 12.1 Å². The maximum absolute atomic E-state index is 3.64. The van der Waals surface area contributed by atoms with Gasteiger partial charge in [0.05, 0.1) is 0 Å². The Morgan fingerprint density at radius 2 is 1.62 bits per heavy atom. The zero-order valence-electron chi connectivity index (χ0n) is 4.98. The van der Waals surface area contributed by atoms with Crippen molar-refractivity contribution in [2.24, 2.45) is 0 Å². The molecule has 8 heavy (non-hydrogen) atoms. The van der Waals surface area contributed by atoms with E-state index in [1.807, 2.05) is 12.2 Å². The van der Waals surface area contributed by atoms with Gasteiger partial charge in [0.2, 0.25) is 0 Å². The fourth-order valence-corrected chi connectivity index (χ4v) is 2.16. The van der Waals surface area contributed by atoms with Crippen molar-refractivity contribution < 1.29 is 0 Å². The van der Waals surface area contributed by atoms with Crippen molar-refractivity contribution in [3.05, 3.63) is 25.3 Å². The first-order valence-electron chi connectivity index (χ1n) is 2.59. The van der Waals surface area contributed by atoms with Crippen LogP contribution in [0.2, 0.25) is 12.1 Å². The molecule has 0 heterocycles. The Hall–Kier alpha value is -0.0862. The van der Waals surface area contributed by atoms with Crippen molar-refractivity contribution in [2.75, 3.05) is 0 Å². The van der Waals surface area contributed by atoms with Gasteiger partial charge in [-0.25, -0.2) is 0 Å². The summed E-state index contributed by atoms with van der Waals surface area (Å²) in [6.07, 6.45) is 3.90. The van der Waals surface area contributed by atoms with Crippen LogP contribution in [0.5, 0.6) is 0 Å². The lowest BCUT2D eigenvalue weighted by molar-refractivity contribution is 1.59. The number of hydrogen-bond donors (Lipinski definition) is 0. The average molecular weight is 138 g/mol. The van der Waals surface area contributed by atoms with Gasteiger partial charge in [-0.05, 0) is 12.1 Å². The summed E-state index contributed by atoms with van der Waals surface area (Å²) in [5.41, 5.74) is 0. The van der Waals surface area contributed by atoms with Crippen LogP contribution in [0.15, 0.2) is 25.3 Å². The van der Waals surface area contributed by atoms with Crippen molar-refractivity contribution in [2.45, 2.75) is 12.1 Å². The minimum Gasteiger partial charge on any atom is -0.103 e. The van der Waals surface area contributed by atoms with Crippen LogP contribution < -0.4 is 0 Å². The first-order chi connectivity index (χ1) is 3.81. The normalized spacial score (nSPS) is 9.25. The molecule has 0 saturated heterocycles. The molecular formula is C6H10Si2. The van der Waals surface area contributed by atoms with Gasteiger partial charge in [-0.2, -0.15) is 0 Å². The molecule has 0 nitrogen and oxygen atoms in total. The standard InChI is InChI=1S/C6H10Si2/c1-3-5-8(7)6-4-2/h3-4H,1-2,5-6H2. The molecule has 4 radical (unpaired) electrons. The van der Waals surface area contributed by atoms with Crippen LogP contribution in [-0.4, -0.2) is 18.1 Å². The van der Waals surface area contributed by atoms with E-state index < -0.39 is 0 Å². The van der Waals surface area contributed by atoms with Crippen LogP contribution in [0.1, 0.15) is 0 Å². The second-order valence-corrected chi connectivity index (χ2v) is 5.73. The van der Waals surface area contributed by atoms with Crippen molar-refractivity contribution in [1.29, 1.82) is 0 Å². The summed E-state index contributed by atoms with van der Waals surface area (Å²) >= 11 is 0. The molecular weight excluding hydrogens is 128 g/mol. The van der Waals surface area contributed by atoms with Gasteiger partial charge in [0.15, 0.2) is 0 Å². The maximum Gasteiger partial charge on any atom is 0.0384 e. The second-order valence-electron chi connectivity index (χ2n) is 1.59. The Bertz CT molecular complexity index is 68.6. The summed E-state index contributed by atoms with van der Waals surface area (Å²) < 4.78 is 0. The van der Waals surface area contributed by atoms with Crippen LogP contribution in [0.3, 0.4) is 0 Å². The monoisotopic (exact) mass is 138 g/mol. The van der Waals surface area contributed by atoms with E-state index in [1.165, 1.54) is 0 Å². The molecule has 0 amide bonds. The molecule has 0 spiro atoms. The summed E-state index contributed by atoms with van der Waals surface area (Å²) in [7, 11) is 3.28. The SMILES string of the molecule is C=CC[Si]([Si])CC=C. The summed E-state index contributed by atoms with van der Waals surface area (Å²) in [6.45, 7) is 7.29. The Kier molecular flexibility index (Phi) is 5.00. The van der Waals surface area contributed by atoms with Gasteiger partial charge in [-0.1, -0.05) is 12.2 Å². The maximum atomic E-state index is 3.64. The summed E-state index contributed by atoms with van der Waals surface area (Å²) in [5.74, 6) is 0. The van der Waals surface area contributed by atoms with Crippen LogP contribution >= 0.6 is 0 Å². The molecule has 0 fully saturated rings. The molecule has 0 aromatic heterocycles. The highest BCUT2D eigenvalue weighted by Gasteiger charge is 1.95. The summed E-state index contributed by atoms with van der Waals surface area (Å²) in [6, 6.07) is 2.24. The first-order valence-corrected chi connectivity index (χ1v) is 6.00. The van der Waals surface area contributed by atoms with Gasteiger partial charge in [0.1, 0.15) is 0 Å². The third-order valence-electron chi connectivity index (χ3n) is 0.781. The minimum atomic E-state index is -0.322. The van der Waals surface area contributed by atoms with Crippen LogP contribution in [-0.2, 0) is 0 Å². The molecule has 42 valence electrons. The molecule has 0 aliphatic rings. The number of allylic oxidation sites excluding steroid dienone is 2.